The summed E-state index contributed by atoms with van der Waals surface area (Å²) in [4.78, 5) is 3.00. The van der Waals surface area contributed by atoms with Gasteiger partial charge in [0.15, 0.2) is 0 Å². The number of fused-ring (bicyclic) bond motifs is 2. The fourth-order valence-electron chi connectivity index (χ4n) is 6.13. The summed E-state index contributed by atoms with van der Waals surface area (Å²) in [6.45, 7) is 4.08. The minimum absolute atomic E-state index is 0.251. The Labute approximate surface area is 212 Å². The molecule has 0 radical (unpaired) electrons. The van der Waals surface area contributed by atoms with E-state index in [1.54, 1.807) is 28.6 Å². The molecule has 6 nitrogen and oxygen atoms in total. The molecule has 188 valence electrons. The van der Waals surface area contributed by atoms with Crippen LogP contribution in [0.4, 0.5) is 4.39 Å². The standard InChI is InChI=1S/C28H31FN4O2S/c29-24-9-11-25(12-10-24)33-27-17-23-13-16-32(36(34,35)26-7-3-1-4-8-26)21-28(23,18-22(27)19-30-33)20-31-14-5-2-6-15-31/h1,3-4,7-12,17,19H,2,5-6,13-16,18,20-21H2/p+1. The van der Waals surface area contributed by atoms with Crippen LogP contribution in [0.25, 0.3) is 11.8 Å². The number of benzene rings is 2. The average Bonchev–Trinajstić information content (AvgIpc) is 3.30. The van der Waals surface area contributed by atoms with Crippen LogP contribution in [-0.2, 0) is 21.0 Å². The molecule has 2 fully saturated rings. The molecule has 3 heterocycles. The first kappa shape index (κ1) is 23.7. The van der Waals surface area contributed by atoms with E-state index in [2.05, 4.69) is 16.1 Å². The highest BCUT2D eigenvalue weighted by Crippen LogP contribution is 2.46. The van der Waals surface area contributed by atoms with Crippen molar-refractivity contribution in [3.63, 3.8) is 0 Å². The van der Waals surface area contributed by atoms with E-state index in [0.29, 0.717) is 18.0 Å². The van der Waals surface area contributed by atoms with Crippen LogP contribution in [0.15, 0.2) is 71.3 Å². The fraction of sp³-hybridized carbons (Fsp3) is 0.393. The lowest BCUT2D eigenvalue weighted by molar-refractivity contribution is 0.112. The van der Waals surface area contributed by atoms with Gasteiger partial charge in [0.25, 0.3) is 0 Å². The van der Waals surface area contributed by atoms with E-state index in [9.17, 15) is 13.2 Å². The molecule has 2 unspecified atom stereocenters. The van der Waals surface area contributed by atoms with Crippen LogP contribution < -0.4 is 0 Å². The van der Waals surface area contributed by atoms with Crippen LogP contribution in [0, 0.1) is 11.2 Å². The highest BCUT2D eigenvalue weighted by atomic mass is 32.3. The van der Waals surface area contributed by atoms with Gasteiger partial charge in [-0.1, -0.05) is 34.5 Å². The Morgan fingerprint density at radius 3 is 2.50 bits per heavy atom. The van der Waals surface area contributed by atoms with Crippen molar-refractivity contribution < 1.29 is 13.2 Å². The number of nitrogens with zero attached hydrogens (tertiary/aromatic N) is 4. The molecule has 2 aliphatic heterocycles. The number of aromatic nitrogens is 2. The maximum atomic E-state index is 13.7. The molecule has 0 amide bonds. The fourth-order valence-corrected chi connectivity index (χ4v) is 7.70. The van der Waals surface area contributed by atoms with Crippen LogP contribution in [0.2, 0.25) is 0 Å². The normalized spacial score (nSPS) is 24.4. The van der Waals surface area contributed by atoms with E-state index in [1.807, 2.05) is 29.1 Å². The highest BCUT2D eigenvalue weighted by Gasteiger charge is 2.51. The van der Waals surface area contributed by atoms with E-state index < -0.39 is 10.4 Å². The maximum absolute atomic E-state index is 13.7. The van der Waals surface area contributed by atoms with Gasteiger partial charge in [-0.2, -0.15) is 9.65 Å². The zero-order chi connectivity index (χ0) is 24.8. The predicted molar refractivity (Wildman–Crippen MR) is 140 cm³/mol. The van der Waals surface area contributed by atoms with Gasteiger partial charge >= 0.3 is 10.4 Å². The molecule has 8 heteroatoms. The van der Waals surface area contributed by atoms with Crippen molar-refractivity contribution in [1.82, 2.24) is 19.0 Å². The molecule has 1 N–H and O–H groups in total. The van der Waals surface area contributed by atoms with Gasteiger partial charge in [-0.3, -0.25) is 0 Å². The predicted octanol–water partition coefficient (Wildman–Crippen LogP) is 5.08. The Kier molecular flexibility index (Phi) is 6.16. The van der Waals surface area contributed by atoms with Gasteiger partial charge in [0.1, 0.15) is 5.82 Å². The number of likely N-dealkylation sites (tertiary alicyclic amines) is 1. The van der Waals surface area contributed by atoms with E-state index in [-0.39, 0.29) is 11.2 Å². The van der Waals surface area contributed by atoms with E-state index in [0.717, 1.165) is 49.4 Å². The van der Waals surface area contributed by atoms with E-state index >= 15 is 0 Å². The second kappa shape index (κ2) is 9.34. The second-order valence-electron chi connectivity index (χ2n) is 10.3. The van der Waals surface area contributed by atoms with Crippen molar-refractivity contribution in [3.05, 3.63) is 83.4 Å². The van der Waals surface area contributed by atoms with Gasteiger partial charge in [-0.25, -0.2) is 9.07 Å². The lowest BCUT2D eigenvalue weighted by Crippen LogP contribution is -2.55. The molecule has 0 saturated carbocycles. The third-order valence-corrected chi connectivity index (χ3v) is 9.86. The van der Waals surface area contributed by atoms with Crippen molar-refractivity contribution in [1.29, 1.82) is 0 Å². The SMILES string of the molecule is O=[S+](O)(c1ccccc1)N1CCC2=Cc3c(cnn3-c3ccc(F)cc3)CC2(CN2CCCCC2)C1. The van der Waals surface area contributed by atoms with Gasteiger partial charge in [0.2, 0.25) is 4.90 Å². The number of hydrogen-bond acceptors (Lipinski definition) is 3. The van der Waals surface area contributed by atoms with Gasteiger partial charge in [0, 0.05) is 12.0 Å². The summed E-state index contributed by atoms with van der Waals surface area (Å²) >= 11 is 0. The lowest BCUT2D eigenvalue weighted by Gasteiger charge is -2.47. The van der Waals surface area contributed by atoms with Gasteiger partial charge < -0.3 is 4.90 Å². The Morgan fingerprint density at radius 1 is 1.00 bits per heavy atom. The molecule has 3 aromatic rings. The topological polar surface area (TPSA) is 61.6 Å². The summed E-state index contributed by atoms with van der Waals surface area (Å²) < 4.78 is 42.2. The Balaban J connectivity index is 1.37. The summed E-state index contributed by atoms with van der Waals surface area (Å²) in [6.07, 6.45) is 9.33. The monoisotopic (exact) mass is 507 g/mol. The third-order valence-electron chi connectivity index (χ3n) is 7.96. The van der Waals surface area contributed by atoms with Crippen molar-refractivity contribution >= 4 is 16.5 Å². The number of piperidine rings is 2. The number of halogens is 1. The molecular formula is C28H32FN4O2S+. The van der Waals surface area contributed by atoms with Crippen molar-refractivity contribution in [3.8, 4) is 5.69 Å². The maximum Gasteiger partial charge on any atom is 0.325 e. The molecule has 3 aliphatic rings. The molecule has 1 aliphatic carbocycles. The molecule has 6 rings (SSSR count). The van der Waals surface area contributed by atoms with Gasteiger partial charge in [-0.15, -0.1) is 0 Å². The first-order valence-electron chi connectivity index (χ1n) is 12.8. The van der Waals surface area contributed by atoms with Crippen LogP contribution in [-0.4, -0.2) is 56.3 Å². The molecule has 0 bridgehead atoms. The lowest BCUT2D eigenvalue weighted by atomic mass is 9.68. The van der Waals surface area contributed by atoms with E-state index in [1.165, 1.54) is 37.0 Å². The van der Waals surface area contributed by atoms with Crippen molar-refractivity contribution in [2.45, 2.75) is 37.0 Å². The largest absolute Gasteiger partial charge is 0.325 e. The summed E-state index contributed by atoms with van der Waals surface area (Å²) in [7, 11) is -3.33. The second-order valence-corrected chi connectivity index (χ2v) is 12.3. The molecule has 0 spiro atoms. The molecular weight excluding hydrogens is 475 g/mol. The van der Waals surface area contributed by atoms with Gasteiger partial charge in [-0.05, 0) is 91.0 Å². The minimum Gasteiger partial charge on any atom is -0.302 e. The molecule has 2 atom stereocenters. The summed E-state index contributed by atoms with van der Waals surface area (Å²) in [5, 5.41) is 4.67. The zero-order valence-corrected chi connectivity index (χ0v) is 21.2. The minimum atomic E-state index is -3.33. The van der Waals surface area contributed by atoms with Gasteiger partial charge in [0.05, 0.1) is 30.7 Å². The molecule has 1 aromatic heterocycles. The quantitative estimate of drug-likeness (QED) is 0.490. The van der Waals surface area contributed by atoms with E-state index in [4.69, 9.17) is 0 Å². The van der Waals surface area contributed by atoms with Crippen LogP contribution >= 0.6 is 0 Å². The first-order chi connectivity index (χ1) is 17.4. The molecule has 2 saturated heterocycles. The number of hydrogen-bond donors (Lipinski definition) is 1. The van der Waals surface area contributed by atoms with Crippen LogP contribution in [0.5, 0.6) is 0 Å². The van der Waals surface area contributed by atoms with Crippen molar-refractivity contribution in [2.24, 2.45) is 5.41 Å². The third kappa shape index (κ3) is 4.26. The Hall–Kier alpha value is -2.65. The Morgan fingerprint density at radius 2 is 1.75 bits per heavy atom. The zero-order valence-electron chi connectivity index (χ0n) is 20.4. The van der Waals surface area contributed by atoms with Crippen LogP contribution in [0.3, 0.4) is 0 Å². The average molecular weight is 508 g/mol. The number of rotatable bonds is 5. The van der Waals surface area contributed by atoms with Crippen molar-refractivity contribution in [2.75, 3.05) is 32.7 Å². The molecule has 36 heavy (non-hydrogen) atoms. The summed E-state index contributed by atoms with van der Waals surface area (Å²) in [5.41, 5.74) is 4.07. The molecule has 2 aromatic carbocycles. The first-order valence-corrected chi connectivity index (χ1v) is 14.2. The summed E-state index contributed by atoms with van der Waals surface area (Å²) in [6, 6.07) is 15.4. The Bertz CT molecular complexity index is 1320. The summed E-state index contributed by atoms with van der Waals surface area (Å²) in [5.74, 6) is -0.267. The smallest absolute Gasteiger partial charge is 0.302 e. The van der Waals surface area contributed by atoms with Crippen LogP contribution in [0.1, 0.15) is 36.9 Å². The highest BCUT2D eigenvalue weighted by molar-refractivity contribution is 7.95.